The summed E-state index contributed by atoms with van der Waals surface area (Å²) >= 11 is 1.30. The summed E-state index contributed by atoms with van der Waals surface area (Å²) in [5, 5.41) is 0.320. The van der Waals surface area contributed by atoms with Gasteiger partial charge < -0.3 is 20.9 Å². The van der Waals surface area contributed by atoms with E-state index in [-0.39, 0.29) is 16.9 Å². The summed E-state index contributed by atoms with van der Waals surface area (Å²) in [5.41, 5.74) is 12.4. The Labute approximate surface area is 160 Å². The Morgan fingerprint density at radius 2 is 1.67 bits per heavy atom. The molecule has 7 heteroatoms. The maximum atomic E-state index is 11.8. The van der Waals surface area contributed by atoms with E-state index >= 15 is 0 Å². The van der Waals surface area contributed by atoms with Crippen LogP contribution in [0.15, 0.2) is 54.6 Å². The minimum absolute atomic E-state index is 0.155. The molecule has 0 aliphatic rings. The first-order chi connectivity index (χ1) is 13.0. The van der Waals surface area contributed by atoms with Gasteiger partial charge in [0.05, 0.1) is 18.2 Å². The highest BCUT2D eigenvalue weighted by Crippen LogP contribution is 2.37. The van der Waals surface area contributed by atoms with Crippen molar-refractivity contribution in [3.63, 3.8) is 0 Å². The van der Waals surface area contributed by atoms with Crippen molar-refractivity contribution in [2.45, 2.75) is 6.42 Å². The lowest BCUT2D eigenvalue weighted by atomic mass is 10.1. The van der Waals surface area contributed by atoms with E-state index in [4.69, 9.17) is 20.9 Å². The van der Waals surface area contributed by atoms with Crippen LogP contribution in [0, 0.1) is 0 Å². The maximum absolute atomic E-state index is 11.8. The predicted molar refractivity (Wildman–Crippen MR) is 104 cm³/mol. The third-order valence-electron chi connectivity index (χ3n) is 3.89. The van der Waals surface area contributed by atoms with Gasteiger partial charge in [0.1, 0.15) is 11.5 Å². The van der Waals surface area contributed by atoms with E-state index in [1.165, 1.54) is 24.5 Å². The second-order valence-electron chi connectivity index (χ2n) is 5.77. The number of thiophene rings is 1. The summed E-state index contributed by atoms with van der Waals surface area (Å²) in [6.45, 7) is 0. The molecule has 0 aliphatic carbocycles. The average molecular weight is 382 g/mol. The number of hydrogen-bond donors (Lipinski definition) is 2. The topological polar surface area (TPSA) is 105 Å². The molecule has 0 saturated heterocycles. The molecule has 4 N–H and O–H groups in total. The summed E-state index contributed by atoms with van der Waals surface area (Å²) < 4.78 is 11.0. The molecule has 3 rings (SSSR count). The fraction of sp³-hybridized carbons (Fsp3) is 0.100. The Hall–Kier alpha value is -3.32. The number of rotatable bonds is 7. The van der Waals surface area contributed by atoms with Gasteiger partial charge in [0.25, 0.3) is 11.8 Å². The monoisotopic (exact) mass is 382 g/mol. The van der Waals surface area contributed by atoms with E-state index in [1.54, 1.807) is 18.2 Å². The highest BCUT2D eigenvalue weighted by molar-refractivity contribution is 7.14. The number of amides is 2. The number of primary amides is 2. The summed E-state index contributed by atoms with van der Waals surface area (Å²) in [7, 11) is 1.49. The second-order valence-corrected chi connectivity index (χ2v) is 6.87. The van der Waals surface area contributed by atoms with Gasteiger partial charge in [-0.3, -0.25) is 9.59 Å². The zero-order valence-corrected chi connectivity index (χ0v) is 15.4. The minimum atomic E-state index is -0.661. The van der Waals surface area contributed by atoms with E-state index in [0.29, 0.717) is 17.2 Å². The first-order valence-corrected chi connectivity index (χ1v) is 8.91. The van der Waals surface area contributed by atoms with Crippen molar-refractivity contribution in [3.8, 4) is 16.6 Å². The molecule has 0 unspecified atom stereocenters. The number of carbonyl (C=O) groups excluding carboxylic acids is 2. The number of nitrogens with two attached hydrogens (primary N) is 2. The lowest BCUT2D eigenvalue weighted by Crippen LogP contribution is -2.13. The molecule has 138 valence electrons. The molecule has 0 atom stereocenters. The molecular weight excluding hydrogens is 364 g/mol. The largest absolute Gasteiger partial charge is 0.497 e. The highest BCUT2D eigenvalue weighted by Gasteiger charge is 2.19. The molecule has 0 aliphatic heterocycles. The Morgan fingerprint density at radius 3 is 2.30 bits per heavy atom. The van der Waals surface area contributed by atoms with Crippen molar-refractivity contribution in [1.82, 2.24) is 0 Å². The molecule has 27 heavy (non-hydrogen) atoms. The molecule has 0 bridgehead atoms. The lowest BCUT2D eigenvalue weighted by Gasteiger charge is -2.10. The normalized spacial score (nSPS) is 10.4. The van der Waals surface area contributed by atoms with Gasteiger partial charge in [0.2, 0.25) is 0 Å². The molecule has 2 amide bonds. The molecule has 1 heterocycles. The highest BCUT2D eigenvalue weighted by atomic mass is 32.1. The Kier molecular flexibility index (Phi) is 5.42. The van der Waals surface area contributed by atoms with E-state index in [2.05, 4.69) is 0 Å². The van der Waals surface area contributed by atoms with Gasteiger partial charge in [-0.25, -0.2) is 0 Å². The van der Waals surface area contributed by atoms with Gasteiger partial charge in [-0.1, -0.05) is 30.3 Å². The van der Waals surface area contributed by atoms with Gasteiger partial charge in [-0.05, 0) is 29.8 Å². The fourth-order valence-corrected chi connectivity index (χ4v) is 3.63. The smallest absolute Gasteiger partial charge is 0.253 e. The Morgan fingerprint density at radius 1 is 0.963 bits per heavy atom. The first kappa shape index (κ1) is 18.5. The Balaban J connectivity index is 1.95. The molecule has 1 aromatic heterocycles. The van der Waals surface area contributed by atoms with Crippen LogP contribution in [0.1, 0.15) is 31.2 Å². The van der Waals surface area contributed by atoms with Crippen LogP contribution in [0.25, 0.3) is 0 Å². The number of carbonyl (C=O) groups is 2. The zero-order valence-electron chi connectivity index (χ0n) is 14.6. The second kappa shape index (κ2) is 7.92. The van der Waals surface area contributed by atoms with Gasteiger partial charge in [0.15, 0.2) is 5.06 Å². The summed E-state index contributed by atoms with van der Waals surface area (Å²) in [6.07, 6.45) is 0.639. The number of benzene rings is 2. The molecular formula is C20H18N2O4S. The van der Waals surface area contributed by atoms with Crippen molar-refractivity contribution in [3.05, 3.63) is 76.2 Å². The summed E-state index contributed by atoms with van der Waals surface area (Å²) in [6, 6.07) is 16.2. The van der Waals surface area contributed by atoms with Crippen molar-refractivity contribution < 1.29 is 19.1 Å². The van der Waals surface area contributed by atoms with Crippen LogP contribution in [0.4, 0.5) is 0 Å². The van der Waals surface area contributed by atoms with Crippen molar-refractivity contribution >= 4 is 23.2 Å². The molecule has 3 aromatic rings. The number of methoxy groups -OCH3 is 1. The quantitative estimate of drug-likeness (QED) is 0.654. The van der Waals surface area contributed by atoms with Gasteiger partial charge >= 0.3 is 0 Å². The van der Waals surface area contributed by atoms with Crippen molar-refractivity contribution in [2.75, 3.05) is 7.11 Å². The average Bonchev–Trinajstić information content (AvgIpc) is 3.05. The van der Waals surface area contributed by atoms with Crippen LogP contribution in [-0.4, -0.2) is 18.9 Å². The number of hydrogen-bond acceptors (Lipinski definition) is 5. The molecule has 0 radical (unpaired) electrons. The van der Waals surface area contributed by atoms with Crippen molar-refractivity contribution in [2.24, 2.45) is 11.5 Å². The van der Waals surface area contributed by atoms with Crippen LogP contribution in [0.3, 0.4) is 0 Å². The Bertz CT molecular complexity index is 983. The predicted octanol–water partition coefficient (Wildman–Crippen LogP) is 3.34. The molecule has 2 aromatic carbocycles. The van der Waals surface area contributed by atoms with Crippen molar-refractivity contribution in [1.29, 1.82) is 0 Å². The van der Waals surface area contributed by atoms with Gasteiger partial charge in [-0.15, -0.1) is 11.3 Å². The maximum Gasteiger partial charge on any atom is 0.253 e. The summed E-state index contributed by atoms with van der Waals surface area (Å²) in [4.78, 5) is 24.5. The van der Waals surface area contributed by atoms with Crippen LogP contribution in [0.5, 0.6) is 16.6 Å². The van der Waals surface area contributed by atoms with E-state index in [0.717, 1.165) is 10.4 Å². The lowest BCUT2D eigenvalue weighted by molar-refractivity contribution is 0.0993. The SMILES string of the molecule is COc1ccc(Oc2sc(Cc3ccccc3)cc2C(N)=O)c(C(N)=O)c1. The van der Waals surface area contributed by atoms with Crippen LogP contribution in [0.2, 0.25) is 0 Å². The molecule has 6 nitrogen and oxygen atoms in total. The van der Waals surface area contributed by atoms with E-state index in [1.807, 2.05) is 30.3 Å². The van der Waals surface area contributed by atoms with E-state index < -0.39 is 11.8 Å². The van der Waals surface area contributed by atoms with Crippen LogP contribution >= 0.6 is 11.3 Å². The summed E-state index contributed by atoms with van der Waals surface area (Å²) in [5.74, 6) is -0.554. The first-order valence-electron chi connectivity index (χ1n) is 8.10. The minimum Gasteiger partial charge on any atom is -0.497 e. The molecule has 0 fully saturated rings. The zero-order chi connectivity index (χ0) is 19.4. The molecule has 0 saturated carbocycles. The number of ether oxygens (including phenoxy) is 2. The van der Waals surface area contributed by atoms with E-state index in [9.17, 15) is 9.59 Å². The molecule has 0 spiro atoms. The fourth-order valence-electron chi connectivity index (χ4n) is 2.57. The van der Waals surface area contributed by atoms with Gasteiger partial charge in [0, 0.05) is 11.3 Å². The standard InChI is InChI=1S/C20H18N2O4S/c1-25-13-7-8-17(15(10-13)18(21)23)26-20-16(19(22)24)11-14(27-20)9-12-5-3-2-4-6-12/h2-8,10-11H,9H2,1H3,(H2,21,23)(H2,22,24). The van der Waals surface area contributed by atoms with Crippen LogP contribution in [-0.2, 0) is 6.42 Å². The third kappa shape index (κ3) is 4.27. The van der Waals surface area contributed by atoms with Crippen LogP contribution < -0.4 is 20.9 Å². The van der Waals surface area contributed by atoms with Gasteiger partial charge in [-0.2, -0.15) is 0 Å². The third-order valence-corrected chi connectivity index (χ3v) is 4.90.